The van der Waals surface area contributed by atoms with Crippen LogP contribution >= 0.6 is 11.8 Å². The van der Waals surface area contributed by atoms with Crippen molar-refractivity contribution in [3.05, 3.63) is 115 Å². The second-order valence-corrected chi connectivity index (χ2v) is 22.1. The number of rotatable bonds is 5. The van der Waals surface area contributed by atoms with Gasteiger partial charge in [0.25, 0.3) is 0 Å². The normalized spacial score (nSPS) is 11.3. The summed E-state index contributed by atoms with van der Waals surface area (Å²) in [4.78, 5) is 1.40. The molecule has 0 atom stereocenters. The van der Waals surface area contributed by atoms with E-state index < -0.39 is 21.2 Å². The summed E-state index contributed by atoms with van der Waals surface area (Å²) in [6.45, 7) is 0. The maximum atomic E-state index is 2.38. The van der Waals surface area contributed by atoms with Crippen molar-refractivity contribution >= 4 is 45.4 Å². The van der Waals surface area contributed by atoms with Gasteiger partial charge in [0.05, 0.1) is 0 Å². The SMILES string of the molecule is CSc1cccc[c]1[Pb]([c]1ccccc1)([c]1ccccc1)[c]1ccccc1. The van der Waals surface area contributed by atoms with Crippen LogP contribution in [0.1, 0.15) is 0 Å². The van der Waals surface area contributed by atoms with Crippen LogP contribution in [0.4, 0.5) is 0 Å². The van der Waals surface area contributed by atoms with Gasteiger partial charge in [-0.05, 0) is 0 Å². The van der Waals surface area contributed by atoms with E-state index in [4.69, 9.17) is 0 Å². The third-order valence-electron chi connectivity index (χ3n) is 5.13. The van der Waals surface area contributed by atoms with Crippen molar-refractivity contribution in [2.45, 2.75) is 4.90 Å². The van der Waals surface area contributed by atoms with E-state index in [1.807, 2.05) is 11.8 Å². The Bertz CT molecular complexity index is 901. The van der Waals surface area contributed by atoms with Gasteiger partial charge in [0.15, 0.2) is 0 Å². The second kappa shape index (κ2) is 8.45. The van der Waals surface area contributed by atoms with Crippen LogP contribution in [-0.2, 0) is 0 Å². The minimum absolute atomic E-state index is 1.40. The maximum absolute atomic E-state index is 3.60. The molecule has 0 amide bonds. The average Bonchev–Trinajstić information content (AvgIpc) is 2.77. The zero-order valence-corrected chi connectivity index (χ0v) is 20.1. The van der Waals surface area contributed by atoms with Crippen LogP contribution in [0.25, 0.3) is 0 Å². The minimum atomic E-state index is -3.60. The quantitative estimate of drug-likeness (QED) is 0.264. The summed E-state index contributed by atoms with van der Waals surface area (Å²) in [6, 6.07) is 42.6. The van der Waals surface area contributed by atoms with Crippen molar-refractivity contribution in [1.29, 1.82) is 0 Å². The van der Waals surface area contributed by atoms with E-state index in [2.05, 4.69) is 122 Å². The predicted molar refractivity (Wildman–Crippen MR) is 122 cm³/mol. The van der Waals surface area contributed by atoms with Gasteiger partial charge in [-0.3, -0.25) is 0 Å². The Morgan fingerprint density at radius 1 is 0.481 bits per heavy atom. The van der Waals surface area contributed by atoms with Crippen molar-refractivity contribution in [2.24, 2.45) is 0 Å². The molecule has 0 fully saturated rings. The Morgan fingerprint density at radius 2 is 0.852 bits per heavy atom. The van der Waals surface area contributed by atoms with Crippen molar-refractivity contribution < 1.29 is 0 Å². The summed E-state index contributed by atoms with van der Waals surface area (Å²) in [5.41, 5.74) is 0. The molecule has 0 saturated carbocycles. The fourth-order valence-corrected chi connectivity index (χ4v) is 25.7. The Kier molecular flexibility index (Phi) is 5.79. The van der Waals surface area contributed by atoms with Gasteiger partial charge < -0.3 is 0 Å². The molecule has 0 nitrogen and oxygen atoms in total. The zero-order chi connectivity index (χ0) is 18.5. The first kappa shape index (κ1) is 18.5. The Hall–Kier alpha value is -1.85. The summed E-state index contributed by atoms with van der Waals surface area (Å²) in [5, 5.41) is 0. The molecule has 0 aromatic heterocycles. The summed E-state index contributed by atoms with van der Waals surface area (Å²) >= 11 is -1.74. The van der Waals surface area contributed by atoms with Crippen LogP contribution in [-0.4, -0.2) is 27.4 Å². The van der Waals surface area contributed by atoms with Crippen molar-refractivity contribution in [3.63, 3.8) is 0 Å². The summed E-state index contributed by atoms with van der Waals surface area (Å²) < 4.78 is 6.05. The molecule has 0 radical (unpaired) electrons. The van der Waals surface area contributed by atoms with E-state index in [-0.39, 0.29) is 0 Å². The monoisotopic (exact) mass is 562 g/mol. The van der Waals surface area contributed by atoms with Crippen LogP contribution in [0.5, 0.6) is 0 Å². The molecule has 0 N–H and O–H groups in total. The van der Waals surface area contributed by atoms with Gasteiger partial charge in [0, 0.05) is 0 Å². The molecule has 4 aromatic rings. The molecule has 0 aliphatic carbocycles. The molecule has 0 spiro atoms. The molecule has 27 heavy (non-hydrogen) atoms. The van der Waals surface area contributed by atoms with Crippen LogP contribution in [0.3, 0.4) is 0 Å². The van der Waals surface area contributed by atoms with Gasteiger partial charge in [-0.15, -0.1) is 0 Å². The number of benzene rings is 4. The number of thioether (sulfide) groups is 1. The van der Waals surface area contributed by atoms with Gasteiger partial charge >= 0.3 is 172 Å². The molecule has 0 heterocycles. The molecule has 132 valence electrons. The third-order valence-corrected chi connectivity index (χ3v) is 25.5. The molecule has 0 saturated heterocycles. The van der Waals surface area contributed by atoms with E-state index in [9.17, 15) is 0 Å². The topological polar surface area (TPSA) is 0 Å². The zero-order valence-electron chi connectivity index (χ0n) is 15.4. The fourth-order valence-electron chi connectivity index (χ4n) is 3.99. The molecule has 2 heteroatoms. The molecule has 0 bridgehead atoms. The molecule has 0 aliphatic rings. The second-order valence-electron chi connectivity index (χ2n) is 6.55. The van der Waals surface area contributed by atoms with Crippen LogP contribution in [0.2, 0.25) is 0 Å². The van der Waals surface area contributed by atoms with Gasteiger partial charge in [0.2, 0.25) is 0 Å². The standard InChI is InChI=1S/C7H7S.3C6H5.Pb/c1-8-7-5-3-2-4-6-7;3*1-2-4-6-5-3-1;/h2-5H,1H3;3*1-5H;. The van der Waals surface area contributed by atoms with Crippen LogP contribution in [0.15, 0.2) is 120 Å². The first-order chi connectivity index (χ1) is 13.4. The van der Waals surface area contributed by atoms with Gasteiger partial charge in [0.1, 0.15) is 0 Å². The van der Waals surface area contributed by atoms with Gasteiger partial charge in [-0.1, -0.05) is 0 Å². The number of hydrogen-bond donors (Lipinski definition) is 0. The molecular weight excluding hydrogens is 540 g/mol. The van der Waals surface area contributed by atoms with Crippen molar-refractivity contribution in [3.8, 4) is 0 Å². The predicted octanol–water partition coefficient (Wildman–Crippen LogP) is 3.79. The van der Waals surface area contributed by atoms with Crippen molar-refractivity contribution in [2.75, 3.05) is 6.26 Å². The van der Waals surface area contributed by atoms with E-state index in [1.54, 1.807) is 3.12 Å². The van der Waals surface area contributed by atoms with Crippen LogP contribution in [0, 0.1) is 0 Å². The molecule has 4 rings (SSSR count). The molecular formula is C25H22PbS. The summed E-state index contributed by atoms with van der Waals surface area (Å²) in [6.07, 6.45) is 2.19. The molecule has 0 aliphatic heterocycles. The van der Waals surface area contributed by atoms with E-state index in [1.165, 1.54) is 14.3 Å². The fraction of sp³-hybridized carbons (Fsp3) is 0.0400. The van der Waals surface area contributed by atoms with E-state index >= 15 is 0 Å². The number of hydrogen-bond acceptors (Lipinski definition) is 1. The first-order valence-electron chi connectivity index (χ1n) is 9.17. The summed E-state index contributed by atoms with van der Waals surface area (Å²) in [5.74, 6) is 0. The Labute approximate surface area is 170 Å². The Morgan fingerprint density at radius 3 is 1.26 bits per heavy atom. The van der Waals surface area contributed by atoms with Gasteiger partial charge in [-0.2, -0.15) is 0 Å². The molecule has 0 unspecified atom stereocenters. The summed E-state index contributed by atoms with van der Waals surface area (Å²) in [7, 11) is 0. The average molecular weight is 562 g/mol. The Balaban J connectivity index is 2.17. The first-order valence-corrected chi connectivity index (χ1v) is 18.2. The van der Waals surface area contributed by atoms with Gasteiger partial charge in [-0.25, -0.2) is 0 Å². The third kappa shape index (κ3) is 3.39. The molecule has 4 aromatic carbocycles. The van der Waals surface area contributed by atoms with E-state index in [0.717, 1.165) is 0 Å². The van der Waals surface area contributed by atoms with Crippen LogP contribution < -0.4 is 12.5 Å². The van der Waals surface area contributed by atoms with E-state index in [0.29, 0.717) is 0 Å². The van der Waals surface area contributed by atoms with Crippen molar-refractivity contribution in [1.82, 2.24) is 0 Å².